The summed E-state index contributed by atoms with van der Waals surface area (Å²) >= 11 is 3.57. The van der Waals surface area contributed by atoms with Crippen LogP contribution in [0.15, 0.2) is 41.1 Å². The highest BCUT2D eigenvalue weighted by Crippen LogP contribution is 2.25. The van der Waals surface area contributed by atoms with Gasteiger partial charge in [0.15, 0.2) is 0 Å². The van der Waals surface area contributed by atoms with E-state index in [4.69, 9.17) is 0 Å². The van der Waals surface area contributed by atoms with Crippen molar-refractivity contribution in [3.63, 3.8) is 0 Å². The Bertz CT molecular complexity index is 529. The second-order valence-electron chi connectivity index (χ2n) is 4.71. The summed E-state index contributed by atoms with van der Waals surface area (Å²) in [5.74, 6) is 0.606. The van der Waals surface area contributed by atoms with E-state index < -0.39 is 0 Å². The van der Waals surface area contributed by atoms with Gasteiger partial charge >= 0.3 is 0 Å². The van der Waals surface area contributed by atoms with Gasteiger partial charge in [0.1, 0.15) is 0 Å². The Labute approximate surface area is 115 Å². The zero-order valence-electron chi connectivity index (χ0n) is 10.1. The fourth-order valence-electron chi connectivity index (χ4n) is 2.45. The maximum absolute atomic E-state index is 4.48. The van der Waals surface area contributed by atoms with Crippen LogP contribution in [0.1, 0.15) is 24.3 Å². The highest BCUT2D eigenvalue weighted by Gasteiger charge is 2.17. The van der Waals surface area contributed by atoms with E-state index in [9.17, 15) is 0 Å². The molecule has 1 saturated heterocycles. The minimum absolute atomic E-state index is 0.606. The summed E-state index contributed by atoms with van der Waals surface area (Å²) in [6, 6.07) is 8.16. The average Bonchev–Trinajstić information content (AvgIpc) is 2.90. The van der Waals surface area contributed by atoms with Gasteiger partial charge in [-0.25, -0.2) is 4.68 Å². The van der Waals surface area contributed by atoms with Gasteiger partial charge in [-0.1, -0.05) is 12.1 Å². The summed E-state index contributed by atoms with van der Waals surface area (Å²) in [7, 11) is 0. The summed E-state index contributed by atoms with van der Waals surface area (Å²) in [4.78, 5) is 0. The molecule has 0 spiro atoms. The Kier molecular flexibility index (Phi) is 3.48. The lowest BCUT2D eigenvalue weighted by atomic mass is 9.94. The van der Waals surface area contributed by atoms with Crippen molar-refractivity contribution >= 4 is 15.9 Å². The van der Waals surface area contributed by atoms with Crippen LogP contribution in [0.5, 0.6) is 0 Å². The van der Waals surface area contributed by atoms with Gasteiger partial charge in [0.2, 0.25) is 0 Å². The first-order valence-electron chi connectivity index (χ1n) is 6.35. The Hall–Kier alpha value is -1.13. The van der Waals surface area contributed by atoms with Crippen LogP contribution in [0.25, 0.3) is 5.69 Å². The van der Waals surface area contributed by atoms with Crippen molar-refractivity contribution in [2.75, 3.05) is 13.1 Å². The Balaban J connectivity index is 1.87. The van der Waals surface area contributed by atoms with Gasteiger partial charge in [0, 0.05) is 17.2 Å². The molecule has 0 bridgehead atoms. The molecule has 1 fully saturated rings. The zero-order chi connectivity index (χ0) is 12.4. The van der Waals surface area contributed by atoms with Crippen molar-refractivity contribution in [3.8, 4) is 5.69 Å². The second-order valence-corrected chi connectivity index (χ2v) is 5.57. The quantitative estimate of drug-likeness (QED) is 0.924. The number of para-hydroxylation sites is 1. The molecule has 1 unspecified atom stereocenters. The molecule has 0 aliphatic carbocycles. The topological polar surface area (TPSA) is 29.9 Å². The highest BCUT2D eigenvalue weighted by atomic mass is 79.9. The number of nitrogens with one attached hydrogen (secondary N) is 1. The van der Waals surface area contributed by atoms with E-state index >= 15 is 0 Å². The molecule has 1 aliphatic rings. The van der Waals surface area contributed by atoms with Crippen LogP contribution in [0.3, 0.4) is 0 Å². The van der Waals surface area contributed by atoms with E-state index in [1.165, 1.54) is 18.4 Å². The number of hydrogen-bond donors (Lipinski definition) is 1. The van der Waals surface area contributed by atoms with Crippen LogP contribution in [-0.2, 0) is 0 Å². The lowest BCUT2D eigenvalue weighted by Crippen LogP contribution is -2.28. The molecule has 1 atom stereocenters. The molecule has 1 aliphatic heterocycles. The molecule has 1 aromatic carbocycles. The Morgan fingerprint density at radius 3 is 3.00 bits per heavy atom. The largest absolute Gasteiger partial charge is 0.316 e. The minimum atomic E-state index is 0.606. The monoisotopic (exact) mass is 305 g/mol. The van der Waals surface area contributed by atoms with Gasteiger partial charge in [-0.3, -0.25) is 0 Å². The summed E-state index contributed by atoms with van der Waals surface area (Å²) in [5, 5.41) is 7.93. The summed E-state index contributed by atoms with van der Waals surface area (Å²) in [5.41, 5.74) is 2.42. The molecule has 4 heteroatoms. The molecular weight excluding hydrogens is 290 g/mol. The highest BCUT2D eigenvalue weighted by molar-refractivity contribution is 9.10. The molecule has 3 rings (SSSR count). The third-order valence-corrected chi connectivity index (χ3v) is 4.14. The normalized spacial score (nSPS) is 19.9. The van der Waals surface area contributed by atoms with Crippen molar-refractivity contribution < 1.29 is 0 Å². The molecule has 0 saturated carbocycles. The molecule has 0 amide bonds. The van der Waals surface area contributed by atoms with Crippen LogP contribution in [0.4, 0.5) is 0 Å². The zero-order valence-corrected chi connectivity index (χ0v) is 11.7. The maximum Gasteiger partial charge on any atom is 0.0787 e. The van der Waals surface area contributed by atoms with Gasteiger partial charge in [0.05, 0.1) is 11.9 Å². The van der Waals surface area contributed by atoms with Gasteiger partial charge in [-0.15, -0.1) is 0 Å². The number of hydrogen-bond acceptors (Lipinski definition) is 2. The van der Waals surface area contributed by atoms with E-state index in [0.717, 1.165) is 23.2 Å². The van der Waals surface area contributed by atoms with Gasteiger partial charge in [-0.2, -0.15) is 5.10 Å². The van der Waals surface area contributed by atoms with E-state index in [1.54, 1.807) is 0 Å². The van der Waals surface area contributed by atoms with E-state index in [-0.39, 0.29) is 0 Å². The predicted octanol–water partition coefficient (Wildman–Crippen LogP) is 3.10. The number of rotatable bonds is 2. The molecule has 1 N–H and O–H groups in total. The molecule has 2 heterocycles. The maximum atomic E-state index is 4.48. The number of piperidine rings is 1. The molecule has 2 aromatic rings. The number of benzene rings is 1. The molecule has 1 aromatic heterocycles. The molecule has 94 valence electrons. The van der Waals surface area contributed by atoms with E-state index in [2.05, 4.69) is 38.6 Å². The standard InChI is InChI=1S/C14H16BrN3/c15-13-5-1-2-6-14(13)18-10-12(9-17-18)11-4-3-7-16-8-11/h1-2,5-6,9-11,16H,3-4,7-8H2. The molecule has 18 heavy (non-hydrogen) atoms. The number of nitrogens with zero attached hydrogens (tertiary/aromatic N) is 2. The Morgan fingerprint density at radius 1 is 1.33 bits per heavy atom. The van der Waals surface area contributed by atoms with Crippen LogP contribution in [0, 0.1) is 0 Å². The third-order valence-electron chi connectivity index (χ3n) is 3.47. The number of halogens is 1. The van der Waals surface area contributed by atoms with Crippen molar-refractivity contribution in [1.29, 1.82) is 0 Å². The summed E-state index contributed by atoms with van der Waals surface area (Å²) in [6.45, 7) is 2.22. The first-order valence-corrected chi connectivity index (χ1v) is 7.14. The first kappa shape index (κ1) is 11.9. The van der Waals surface area contributed by atoms with Crippen LogP contribution < -0.4 is 5.32 Å². The van der Waals surface area contributed by atoms with Crippen LogP contribution >= 0.6 is 15.9 Å². The Morgan fingerprint density at radius 2 is 2.22 bits per heavy atom. The van der Waals surface area contributed by atoms with Gasteiger partial charge < -0.3 is 5.32 Å². The second kappa shape index (κ2) is 5.24. The van der Waals surface area contributed by atoms with Crippen molar-refractivity contribution in [3.05, 3.63) is 46.7 Å². The fraction of sp³-hybridized carbons (Fsp3) is 0.357. The average molecular weight is 306 g/mol. The smallest absolute Gasteiger partial charge is 0.0787 e. The minimum Gasteiger partial charge on any atom is -0.316 e. The van der Waals surface area contributed by atoms with Gasteiger partial charge in [0.25, 0.3) is 0 Å². The lowest BCUT2D eigenvalue weighted by molar-refractivity contribution is 0.461. The molecular formula is C14H16BrN3. The lowest BCUT2D eigenvalue weighted by Gasteiger charge is -2.21. The molecule has 3 nitrogen and oxygen atoms in total. The predicted molar refractivity (Wildman–Crippen MR) is 76.1 cm³/mol. The van der Waals surface area contributed by atoms with Crippen LogP contribution in [-0.4, -0.2) is 22.9 Å². The SMILES string of the molecule is Brc1ccccc1-n1cc(C2CCCNC2)cn1. The van der Waals surface area contributed by atoms with E-state index in [1.807, 2.05) is 29.1 Å². The van der Waals surface area contributed by atoms with Crippen LogP contribution in [0.2, 0.25) is 0 Å². The third kappa shape index (κ3) is 2.35. The summed E-state index contributed by atoms with van der Waals surface area (Å²) in [6.07, 6.45) is 6.66. The number of aromatic nitrogens is 2. The van der Waals surface area contributed by atoms with Crippen molar-refractivity contribution in [2.45, 2.75) is 18.8 Å². The fourth-order valence-corrected chi connectivity index (χ4v) is 2.92. The van der Waals surface area contributed by atoms with Crippen molar-refractivity contribution in [1.82, 2.24) is 15.1 Å². The van der Waals surface area contributed by atoms with Gasteiger partial charge in [-0.05, 0) is 58.9 Å². The molecule has 0 radical (unpaired) electrons. The summed E-state index contributed by atoms with van der Waals surface area (Å²) < 4.78 is 3.02. The first-order chi connectivity index (χ1) is 8.84. The van der Waals surface area contributed by atoms with Crippen molar-refractivity contribution in [2.24, 2.45) is 0 Å². The van der Waals surface area contributed by atoms with E-state index in [0.29, 0.717) is 5.92 Å².